The molecule has 0 saturated heterocycles. The van der Waals surface area contributed by atoms with E-state index in [2.05, 4.69) is 26.1 Å². The van der Waals surface area contributed by atoms with Crippen LogP contribution in [0.15, 0.2) is 11.6 Å². The van der Waals surface area contributed by atoms with Gasteiger partial charge < -0.3 is 10.4 Å². The Balaban J connectivity index is 3.86. The van der Waals surface area contributed by atoms with Crippen LogP contribution < -0.4 is 5.32 Å². The third-order valence-corrected chi connectivity index (χ3v) is 1.80. The van der Waals surface area contributed by atoms with Gasteiger partial charge in [-0.2, -0.15) is 0 Å². The highest BCUT2D eigenvalue weighted by molar-refractivity contribution is 5.86. The first-order valence-corrected chi connectivity index (χ1v) is 5.00. The molecule has 0 aromatic rings. The second-order valence-corrected chi connectivity index (χ2v) is 4.58. The zero-order valence-electron chi connectivity index (χ0n) is 9.55. The van der Waals surface area contributed by atoms with E-state index in [0.717, 1.165) is 6.54 Å². The number of carboxylic acid groups (broad SMARTS) is 1. The molecule has 0 aromatic carbocycles. The van der Waals surface area contributed by atoms with E-state index in [1.807, 2.05) is 6.92 Å². The Labute approximate surface area is 86.2 Å². The van der Waals surface area contributed by atoms with Crippen molar-refractivity contribution in [1.29, 1.82) is 0 Å². The quantitative estimate of drug-likeness (QED) is 0.526. The molecule has 82 valence electrons. The molecule has 0 aliphatic rings. The molecule has 0 atom stereocenters. The van der Waals surface area contributed by atoms with Crippen molar-refractivity contribution in [2.24, 2.45) is 5.41 Å². The standard InChI is InChI=1S/C11H21NO2/c1-5-9(10(13)14)6-7-12-8-11(2,3)4/h6,12H,5,7-8H2,1-4H3,(H,13,14). The Morgan fingerprint density at radius 1 is 1.43 bits per heavy atom. The van der Waals surface area contributed by atoms with Crippen LogP contribution in [0.2, 0.25) is 0 Å². The van der Waals surface area contributed by atoms with Crippen molar-refractivity contribution < 1.29 is 9.90 Å². The first-order valence-electron chi connectivity index (χ1n) is 5.00. The fourth-order valence-electron chi connectivity index (χ4n) is 1.03. The lowest BCUT2D eigenvalue weighted by molar-refractivity contribution is -0.132. The molecule has 0 rings (SSSR count). The Morgan fingerprint density at radius 3 is 2.36 bits per heavy atom. The summed E-state index contributed by atoms with van der Waals surface area (Å²) in [4.78, 5) is 10.6. The summed E-state index contributed by atoms with van der Waals surface area (Å²) >= 11 is 0. The van der Waals surface area contributed by atoms with Gasteiger partial charge in [-0.25, -0.2) is 4.79 Å². The van der Waals surface area contributed by atoms with Crippen molar-refractivity contribution in [2.75, 3.05) is 13.1 Å². The molecule has 0 heterocycles. The van der Waals surface area contributed by atoms with E-state index in [-0.39, 0.29) is 5.41 Å². The smallest absolute Gasteiger partial charge is 0.331 e. The summed E-state index contributed by atoms with van der Waals surface area (Å²) in [6, 6.07) is 0. The summed E-state index contributed by atoms with van der Waals surface area (Å²) < 4.78 is 0. The molecule has 0 bridgehead atoms. The van der Waals surface area contributed by atoms with Crippen LogP contribution >= 0.6 is 0 Å². The number of nitrogens with one attached hydrogen (secondary N) is 1. The summed E-state index contributed by atoms with van der Waals surface area (Å²) in [6.07, 6.45) is 2.32. The molecule has 0 aliphatic carbocycles. The highest BCUT2D eigenvalue weighted by atomic mass is 16.4. The van der Waals surface area contributed by atoms with E-state index in [0.29, 0.717) is 18.5 Å². The second kappa shape index (κ2) is 5.81. The minimum absolute atomic E-state index is 0.240. The van der Waals surface area contributed by atoms with Gasteiger partial charge >= 0.3 is 5.97 Å². The third kappa shape index (κ3) is 6.66. The van der Waals surface area contributed by atoms with Gasteiger partial charge in [0.15, 0.2) is 0 Å². The zero-order valence-corrected chi connectivity index (χ0v) is 9.55. The fraction of sp³-hybridized carbons (Fsp3) is 0.727. The Morgan fingerprint density at radius 2 is 2.00 bits per heavy atom. The van der Waals surface area contributed by atoms with Crippen molar-refractivity contribution >= 4 is 5.97 Å². The first-order chi connectivity index (χ1) is 6.37. The van der Waals surface area contributed by atoms with Crippen LogP contribution in [-0.2, 0) is 4.79 Å². The Hall–Kier alpha value is -0.830. The van der Waals surface area contributed by atoms with Gasteiger partial charge in [0.2, 0.25) is 0 Å². The maximum atomic E-state index is 10.6. The molecule has 0 fully saturated rings. The molecule has 0 spiro atoms. The number of carbonyl (C=O) groups is 1. The van der Waals surface area contributed by atoms with Crippen LogP contribution in [0.4, 0.5) is 0 Å². The van der Waals surface area contributed by atoms with Crippen LogP contribution in [0.3, 0.4) is 0 Å². The highest BCUT2D eigenvalue weighted by Crippen LogP contribution is 2.10. The van der Waals surface area contributed by atoms with Crippen LogP contribution in [0.1, 0.15) is 34.1 Å². The van der Waals surface area contributed by atoms with E-state index >= 15 is 0 Å². The summed E-state index contributed by atoms with van der Waals surface area (Å²) in [5.74, 6) is -0.815. The van der Waals surface area contributed by atoms with Crippen molar-refractivity contribution in [2.45, 2.75) is 34.1 Å². The van der Waals surface area contributed by atoms with E-state index in [1.165, 1.54) is 0 Å². The topological polar surface area (TPSA) is 49.3 Å². The first kappa shape index (κ1) is 13.2. The van der Waals surface area contributed by atoms with E-state index in [4.69, 9.17) is 5.11 Å². The largest absolute Gasteiger partial charge is 0.478 e. The summed E-state index contributed by atoms with van der Waals surface area (Å²) in [5.41, 5.74) is 0.718. The maximum absolute atomic E-state index is 10.6. The number of carboxylic acids is 1. The lowest BCUT2D eigenvalue weighted by atomic mass is 9.97. The monoisotopic (exact) mass is 199 g/mol. The predicted octanol–water partition coefficient (Wildman–Crippen LogP) is 2.04. The SMILES string of the molecule is CCC(=CCNCC(C)(C)C)C(=O)O. The molecule has 3 nitrogen and oxygen atoms in total. The summed E-state index contributed by atoms with van der Waals surface area (Å²) in [5, 5.41) is 11.9. The lowest BCUT2D eigenvalue weighted by Gasteiger charge is -2.18. The number of aliphatic carboxylic acids is 1. The molecule has 3 heteroatoms. The van der Waals surface area contributed by atoms with Gasteiger partial charge in [0.25, 0.3) is 0 Å². The molecule has 0 aromatic heterocycles. The lowest BCUT2D eigenvalue weighted by Crippen LogP contribution is -2.27. The molecule has 2 N–H and O–H groups in total. The van der Waals surface area contributed by atoms with Crippen LogP contribution in [0, 0.1) is 5.41 Å². The van der Waals surface area contributed by atoms with Crippen molar-refractivity contribution in [1.82, 2.24) is 5.32 Å². The molecule has 0 amide bonds. The summed E-state index contributed by atoms with van der Waals surface area (Å²) in [7, 11) is 0. The molecular weight excluding hydrogens is 178 g/mol. The Kier molecular flexibility index (Phi) is 5.46. The van der Waals surface area contributed by atoms with E-state index in [9.17, 15) is 4.79 Å². The second-order valence-electron chi connectivity index (χ2n) is 4.58. The molecule has 0 aliphatic heterocycles. The van der Waals surface area contributed by atoms with E-state index < -0.39 is 5.97 Å². The van der Waals surface area contributed by atoms with Crippen molar-refractivity contribution in [3.8, 4) is 0 Å². The van der Waals surface area contributed by atoms with Gasteiger partial charge in [-0.3, -0.25) is 0 Å². The zero-order chi connectivity index (χ0) is 11.2. The maximum Gasteiger partial charge on any atom is 0.331 e. The van der Waals surface area contributed by atoms with Crippen LogP contribution in [0.25, 0.3) is 0 Å². The summed E-state index contributed by atoms with van der Waals surface area (Å²) in [6.45, 7) is 9.79. The molecule has 0 radical (unpaired) electrons. The number of hydrogen-bond acceptors (Lipinski definition) is 2. The number of hydrogen-bond donors (Lipinski definition) is 2. The third-order valence-electron chi connectivity index (χ3n) is 1.80. The van der Waals surface area contributed by atoms with Gasteiger partial charge in [0.1, 0.15) is 0 Å². The van der Waals surface area contributed by atoms with Gasteiger partial charge in [0, 0.05) is 18.7 Å². The average molecular weight is 199 g/mol. The van der Waals surface area contributed by atoms with Crippen LogP contribution in [-0.4, -0.2) is 24.2 Å². The van der Waals surface area contributed by atoms with Gasteiger partial charge in [0.05, 0.1) is 0 Å². The van der Waals surface area contributed by atoms with Crippen LogP contribution in [0.5, 0.6) is 0 Å². The Bertz CT molecular complexity index is 214. The fourth-order valence-corrected chi connectivity index (χ4v) is 1.03. The van der Waals surface area contributed by atoms with Crippen molar-refractivity contribution in [3.63, 3.8) is 0 Å². The molecule has 0 unspecified atom stereocenters. The number of rotatable bonds is 5. The minimum Gasteiger partial charge on any atom is -0.478 e. The van der Waals surface area contributed by atoms with Gasteiger partial charge in [-0.05, 0) is 11.8 Å². The van der Waals surface area contributed by atoms with Crippen molar-refractivity contribution in [3.05, 3.63) is 11.6 Å². The molecule has 0 saturated carbocycles. The predicted molar refractivity (Wildman–Crippen MR) is 58.3 cm³/mol. The molecule has 14 heavy (non-hydrogen) atoms. The highest BCUT2D eigenvalue weighted by Gasteiger charge is 2.08. The van der Waals surface area contributed by atoms with Gasteiger partial charge in [-0.1, -0.05) is 33.8 Å². The van der Waals surface area contributed by atoms with E-state index in [1.54, 1.807) is 6.08 Å². The molecular formula is C11H21NO2. The average Bonchev–Trinajstić information content (AvgIpc) is 2.01. The normalized spacial score (nSPS) is 13.0. The van der Waals surface area contributed by atoms with Gasteiger partial charge in [-0.15, -0.1) is 0 Å². The minimum atomic E-state index is -0.815.